The Bertz CT molecular complexity index is 1090. The van der Waals surface area contributed by atoms with E-state index in [1.54, 1.807) is 43.6 Å². The fourth-order valence-electron chi connectivity index (χ4n) is 3.47. The Labute approximate surface area is 195 Å². The third kappa shape index (κ3) is 8.67. The first kappa shape index (κ1) is 24.4. The topological polar surface area (TPSA) is 100 Å². The molecule has 0 saturated carbocycles. The van der Waals surface area contributed by atoms with Gasteiger partial charge in [-0.3, -0.25) is 9.78 Å². The van der Waals surface area contributed by atoms with E-state index in [2.05, 4.69) is 20.3 Å². The monoisotopic (exact) mass is 466 g/mol. The van der Waals surface area contributed by atoms with Crippen LogP contribution < -0.4 is 15.4 Å². The maximum absolute atomic E-state index is 12.8. The van der Waals surface area contributed by atoms with Crippen molar-refractivity contribution in [3.8, 4) is 0 Å². The number of nitrogens with zero attached hydrogens (tertiary/aromatic N) is 1. The highest BCUT2D eigenvalue weighted by molar-refractivity contribution is 7.88. The number of aromatic nitrogens is 1. The molecule has 0 fully saturated rings. The van der Waals surface area contributed by atoms with Gasteiger partial charge in [-0.2, -0.15) is 0 Å². The highest BCUT2D eigenvalue weighted by atomic mass is 32.2. The van der Waals surface area contributed by atoms with Gasteiger partial charge in [0.2, 0.25) is 15.9 Å². The number of benzene rings is 2. The van der Waals surface area contributed by atoms with E-state index in [4.69, 9.17) is 0 Å². The normalized spacial score (nSPS) is 13.1. The van der Waals surface area contributed by atoms with E-state index in [0.717, 1.165) is 11.3 Å². The summed E-state index contributed by atoms with van der Waals surface area (Å²) in [5.41, 5.74) is 2.72. The number of carbonyl (C=O) groups is 1. The Balaban J connectivity index is 1.58. The lowest BCUT2D eigenvalue weighted by molar-refractivity contribution is -0.123. The predicted octanol–water partition coefficient (Wildman–Crippen LogP) is 3.12. The molecule has 2 atom stereocenters. The minimum absolute atomic E-state index is 0.157. The van der Waals surface area contributed by atoms with E-state index in [1.807, 2.05) is 48.5 Å². The molecular weight excluding hydrogens is 436 g/mol. The summed E-state index contributed by atoms with van der Waals surface area (Å²) in [5, 5.41) is 6.35. The highest BCUT2D eigenvalue weighted by Crippen LogP contribution is 2.09. The lowest BCUT2D eigenvalue weighted by Gasteiger charge is -2.22. The Hall–Kier alpha value is -3.23. The van der Waals surface area contributed by atoms with Crippen LogP contribution in [0.4, 0.5) is 5.69 Å². The summed E-state index contributed by atoms with van der Waals surface area (Å²) in [5.74, 6) is -0.522. The second kappa shape index (κ2) is 12.1. The van der Waals surface area contributed by atoms with Gasteiger partial charge >= 0.3 is 0 Å². The zero-order valence-corrected chi connectivity index (χ0v) is 19.5. The van der Waals surface area contributed by atoms with Crippen molar-refractivity contribution >= 4 is 21.6 Å². The molecule has 174 valence electrons. The first-order valence-corrected chi connectivity index (χ1v) is 12.6. The van der Waals surface area contributed by atoms with Gasteiger partial charge in [0.25, 0.3) is 0 Å². The van der Waals surface area contributed by atoms with Crippen molar-refractivity contribution in [1.29, 1.82) is 0 Å². The summed E-state index contributed by atoms with van der Waals surface area (Å²) in [7, 11) is -3.66. The number of carbonyl (C=O) groups excluding carboxylic acids is 1. The second-order valence-electron chi connectivity index (χ2n) is 7.93. The van der Waals surface area contributed by atoms with Crippen molar-refractivity contribution in [2.24, 2.45) is 0 Å². The molecule has 2 aromatic carbocycles. The summed E-state index contributed by atoms with van der Waals surface area (Å²) < 4.78 is 27.5. The van der Waals surface area contributed by atoms with E-state index >= 15 is 0 Å². The van der Waals surface area contributed by atoms with E-state index < -0.39 is 16.1 Å². The van der Waals surface area contributed by atoms with E-state index in [1.165, 1.54) is 0 Å². The molecule has 0 aliphatic carbocycles. The average Bonchev–Trinajstić information content (AvgIpc) is 2.80. The van der Waals surface area contributed by atoms with Gasteiger partial charge in [-0.05, 0) is 43.0 Å². The minimum Gasteiger partial charge on any atom is -0.385 e. The van der Waals surface area contributed by atoms with Crippen LogP contribution in [-0.2, 0) is 27.0 Å². The maximum atomic E-state index is 12.8. The quantitative estimate of drug-likeness (QED) is 0.381. The third-order valence-corrected chi connectivity index (χ3v) is 6.55. The number of amides is 1. The van der Waals surface area contributed by atoms with Gasteiger partial charge < -0.3 is 10.6 Å². The Morgan fingerprint density at radius 3 is 2.15 bits per heavy atom. The molecule has 0 saturated heterocycles. The van der Waals surface area contributed by atoms with Gasteiger partial charge in [0.05, 0.1) is 11.8 Å². The summed E-state index contributed by atoms with van der Waals surface area (Å²) in [4.78, 5) is 16.8. The molecule has 33 heavy (non-hydrogen) atoms. The number of sulfonamides is 1. The molecule has 0 unspecified atom stereocenters. The second-order valence-corrected chi connectivity index (χ2v) is 9.68. The molecule has 0 bridgehead atoms. The number of pyridine rings is 1. The number of hydrogen-bond donors (Lipinski definition) is 3. The van der Waals surface area contributed by atoms with Crippen LogP contribution in [-0.4, -0.2) is 37.9 Å². The maximum Gasteiger partial charge on any atom is 0.238 e. The summed E-state index contributed by atoms with van der Waals surface area (Å²) in [6.07, 6.45) is 4.75. The zero-order chi connectivity index (χ0) is 23.5. The van der Waals surface area contributed by atoms with E-state index in [9.17, 15) is 13.2 Å². The molecule has 7 nitrogen and oxygen atoms in total. The van der Waals surface area contributed by atoms with Crippen LogP contribution >= 0.6 is 0 Å². The summed E-state index contributed by atoms with van der Waals surface area (Å²) in [6.45, 7) is 2.21. The molecule has 0 radical (unpaired) electrons. The molecular formula is C25H30N4O3S. The van der Waals surface area contributed by atoms with Gasteiger partial charge in [0.15, 0.2) is 0 Å². The predicted molar refractivity (Wildman–Crippen MR) is 131 cm³/mol. The first-order chi connectivity index (χ1) is 15.9. The van der Waals surface area contributed by atoms with Gasteiger partial charge in [0.1, 0.15) is 0 Å². The fourth-order valence-corrected chi connectivity index (χ4v) is 4.83. The van der Waals surface area contributed by atoms with Crippen molar-refractivity contribution in [2.45, 2.75) is 37.6 Å². The molecule has 3 aromatic rings. The van der Waals surface area contributed by atoms with Crippen LogP contribution in [0.15, 0.2) is 85.2 Å². The van der Waals surface area contributed by atoms with Crippen LogP contribution in [0.25, 0.3) is 0 Å². The largest absolute Gasteiger partial charge is 0.385 e. The van der Waals surface area contributed by atoms with Crippen molar-refractivity contribution in [1.82, 2.24) is 15.0 Å². The van der Waals surface area contributed by atoms with Crippen molar-refractivity contribution < 1.29 is 13.2 Å². The number of nitrogens with one attached hydrogen (secondary N) is 3. The molecule has 0 aliphatic rings. The Kier molecular flexibility index (Phi) is 8.97. The fraction of sp³-hybridized carbons (Fsp3) is 0.280. The van der Waals surface area contributed by atoms with Crippen LogP contribution in [0, 0.1) is 0 Å². The SMILES string of the molecule is C[C@@H](NS(=O)(=O)Cc1ccccc1)C(=O)N[C@H](CCNc1ccncc1)Cc1ccccc1. The molecule has 0 aliphatic heterocycles. The average molecular weight is 467 g/mol. The molecule has 3 N–H and O–H groups in total. The smallest absolute Gasteiger partial charge is 0.238 e. The van der Waals surface area contributed by atoms with Crippen LogP contribution in [0.3, 0.4) is 0 Å². The van der Waals surface area contributed by atoms with Crippen LogP contribution in [0.5, 0.6) is 0 Å². The minimum atomic E-state index is -3.66. The van der Waals surface area contributed by atoms with E-state index in [0.29, 0.717) is 24.9 Å². The molecule has 1 amide bonds. The van der Waals surface area contributed by atoms with Gasteiger partial charge in [-0.15, -0.1) is 0 Å². The lowest BCUT2D eigenvalue weighted by Crippen LogP contribution is -2.49. The Morgan fingerprint density at radius 1 is 0.909 bits per heavy atom. The van der Waals surface area contributed by atoms with Gasteiger partial charge in [-0.1, -0.05) is 60.7 Å². The highest BCUT2D eigenvalue weighted by Gasteiger charge is 2.23. The van der Waals surface area contributed by atoms with Crippen molar-refractivity contribution in [3.63, 3.8) is 0 Å². The van der Waals surface area contributed by atoms with Crippen LogP contribution in [0.2, 0.25) is 0 Å². The van der Waals surface area contributed by atoms with Crippen molar-refractivity contribution in [2.75, 3.05) is 11.9 Å². The van der Waals surface area contributed by atoms with Crippen molar-refractivity contribution in [3.05, 3.63) is 96.3 Å². The zero-order valence-electron chi connectivity index (χ0n) is 18.6. The van der Waals surface area contributed by atoms with Crippen LogP contribution in [0.1, 0.15) is 24.5 Å². The molecule has 8 heteroatoms. The Morgan fingerprint density at radius 2 is 1.52 bits per heavy atom. The summed E-state index contributed by atoms with van der Waals surface area (Å²) in [6, 6.07) is 21.5. The van der Waals surface area contributed by atoms with E-state index in [-0.39, 0.29) is 17.7 Å². The molecule has 1 aromatic heterocycles. The first-order valence-electron chi connectivity index (χ1n) is 10.9. The lowest BCUT2D eigenvalue weighted by atomic mass is 10.0. The number of rotatable bonds is 12. The van der Waals surface area contributed by atoms with Gasteiger partial charge in [-0.25, -0.2) is 13.1 Å². The third-order valence-electron chi connectivity index (χ3n) is 5.12. The molecule has 1 heterocycles. The molecule has 0 spiro atoms. The number of anilines is 1. The standard InChI is InChI=1S/C25H30N4O3S/c1-20(29-33(31,32)19-22-10-6-3-7-11-22)25(30)28-24(18-21-8-4-2-5-9-21)14-17-27-23-12-15-26-16-13-23/h2-13,15-16,20,24,29H,14,17-19H2,1H3,(H,26,27)(H,28,30)/t20-,24-/m1/s1. The van der Waals surface area contributed by atoms with Gasteiger partial charge in [0, 0.05) is 30.7 Å². The summed E-state index contributed by atoms with van der Waals surface area (Å²) >= 11 is 0. The molecule has 3 rings (SSSR count). The number of hydrogen-bond acceptors (Lipinski definition) is 5.